The molecule has 0 N–H and O–H groups in total. The van der Waals surface area contributed by atoms with Gasteiger partial charge in [0.15, 0.2) is 0 Å². The first-order valence-electron chi connectivity index (χ1n) is 6.43. The fourth-order valence-electron chi connectivity index (χ4n) is 2.41. The molecule has 1 aliphatic rings. The molecule has 1 aromatic carbocycles. The van der Waals surface area contributed by atoms with Gasteiger partial charge in [0.1, 0.15) is 18.3 Å². The van der Waals surface area contributed by atoms with Gasteiger partial charge in [0.25, 0.3) is 0 Å². The number of nitrogens with zero attached hydrogens (tertiary/aromatic N) is 3. The SMILES string of the molecule is CC(Oc1ccc2ncncc2c1)N1CCCC1. The van der Waals surface area contributed by atoms with E-state index in [2.05, 4.69) is 21.8 Å². The van der Waals surface area contributed by atoms with Gasteiger partial charge in [-0.15, -0.1) is 0 Å². The van der Waals surface area contributed by atoms with Crippen molar-refractivity contribution in [3.05, 3.63) is 30.7 Å². The van der Waals surface area contributed by atoms with E-state index in [0.717, 1.165) is 29.7 Å². The van der Waals surface area contributed by atoms with E-state index in [4.69, 9.17) is 4.74 Å². The molecule has 1 fully saturated rings. The van der Waals surface area contributed by atoms with Crippen molar-refractivity contribution in [3.63, 3.8) is 0 Å². The number of benzene rings is 1. The fourth-order valence-corrected chi connectivity index (χ4v) is 2.41. The van der Waals surface area contributed by atoms with Gasteiger partial charge in [-0.25, -0.2) is 9.97 Å². The molecule has 3 rings (SSSR count). The normalized spacial score (nSPS) is 18.1. The molecule has 1 unspecified atom stereocenters. The van der Waals surface area contributed by atoms with E-state index in [9.17, 15) is 0 Å². The quantitative estimate of drug-likeness (QED) is 0.830. The minimum Gasteiger partial charge on any atom is -0.475 e. The molecule has 0 spiro atoms. The maximum absolute atomic E-state index is 5.98. The van der Waals surface area contributed by atoms with Crippen LogP contribution in [0.3, 0.4) is 0 Å². The molecular weight excluding hydrogens is 226 g/mol. The van der Waals surface area contributed by atoms with Crippen LogP contribution in [-0.4, -0.2) is 34.2 Å². The van der Waals surface area contributed by atoms with Crippen LogP contribution < -0.4 is 4.74 Å². The minimum absolute atomic E-state index is 0.134. The van der Waals surface area contributed by atoms with Crippen molar-refractivity contribution in [2.75, 3.05) is 13.1 Å². The summed E-state index contributed by atoms with van der Waals surface area (Å²) in [5.74, 6) is 0.886. The Hall–Kier alpha value is -1.68. The van der Waals surface area contributed by atoms with Crippen LogP contribution in [0.15, 0.2) is 30.7 Å². The first-order chi connectivity index (χ1) is 8.83. The van der Waals surface area contributed by atoms with Crippen LogP contribution in [-0.2, 0) is 0 Å². The zero-order chi connectivity index (χ0) is 12.4. The molecule has 2 heterocycles. The van der Waals surface area contributed by atoms with Crippen molar-refractivity contribution in [1.82, 2.24) is 14.9 Å². The van der Waals surface area contributed by atoms with Crippen LogP contribution in [0.1, 0.15) is 19.8 Å². The number of fused-ring (bicyclic) bond motifs is 1. The minimum atomic E-state index is 0.134. The Morgan fingerprint density at radius 3 is 2.94 bits per heavy atom. The summed E-state index contributed by atoms with van der Waals surface area (Å²) in [6, 6.07) is 5.95. The van der Waals surface area contributed by atoms with Gasteiger partial charge in [-0.1, -0.05) is 0 Å². The van der Waals surface area contributed by atoms with Crippen LogP contribution in [0, 0.1) is 0 Å². The highest BCUT2D eigenvalue weighted by Gasteiger charge is 2.19. The molecular formula is C14H17N3O. The Balaban J connectivity index is 1.77. The lowest BCUT2D eigenvalue weighted by Gasteiger charge is -2.24. The van der Waals surface area contributed by atoms with Crippen LogP contribution in [0.5, 0.6) is 5.75 Å². The predicted octanol–water partition coefficient (Wildman–Crippen LogP) is 2.45. The first-order valence-corrected chi connectivity index (χ1v) is 6.43. The third-order valence-corrected chi connectivity index (χ3v) is 3.44. The number of ether oxygens (including phenoxy) is 1. The zero-order valence-electron chi connectivity index (χ0n) is 10.5. The molecule has 1 saturated heterocycles. The maximum atomic E-state index is 5.98. The average Bonchev–Trinajstić information content (AvgIpc) is 2.92. The standard InChI is InChI=1S/C14H17N3O/c1-11(17-6-2-3-7-17)18-13-4-5-14-12(8-13)9-15-10-16-14/h4-5,8-11H,2-3,6-7H2,1H3. The molecule has 94 valence electrons. The van der Waals surface area contributed by atoms with Crippen molar-refractivity contribution in [2.24, 2.45) is 0 Å². The molecule has 0 saturated carbocycles. The van der Waals surface area contributed by atoms with Crippen molar-refractivity contribution in [2.45, 2.75) is 26.0 Å². The molecule has 1 aromatic heterocycles. The van der Waals surface area contributed by atoms with Crippen molar-refractivity contribution in [3.8, 4) is 5.75 Å². The number of rotatable bonds is 3. The summed E-state index contributed by atoms with van der Waals surface area (Å²) in [5, 5.41) is 1.02. The Morgan fingerprint density at radius 1 is 1.28 bits per heavy atom. The zero-order valence-corrected chi connectivity index (χ0v) is 10.5. The first kappa shape index (κ1) is 11.4. The molecule has 2 aromatic rings. The fraction of sp³-hybridized carbons (Fsp3) is 0.429. The van der Waals surface area contributed by atoms with Crippen LogP contribution in [0.4, 0.5) is 0 Å². The second-order valence-electron chi connectivity index (χ2n) is 4.70. The summed E-state index contributed by atoms with van der Waals surface area (Å²) in [6.45, 7) is 4.38. The Morgan fingerprint density at radius 2 is 2.11 bits per heavy atom. The summed E-state index contributed by atoms with van der Waals surface area (Å²) >= 11 is 0. The summed E-state index contributed by atoms with van der Waals surface area (Å²) < 4.78 is 5.98. The van der Waals surface area contributed by atoms with E-state index in [1.807, 2.05) is 24.4 Å². The van der Waals surface area contributed by atoms with E-state index in [0.29, 0.717) is 0 Å². The smallest absolute Gasteiger partial charge is 0.149 e. The Bertz CT molecular complexity index is 537. The third kappa shape index (κ3) is 2.29. The summed E-state index contributed by atoms with van der Waals surface area (Å²) in [5.41, 5.74) is 0.950. The highest BCUT2D eigenvalue weighted by molar-refractivity contribution is 5.78. The molecule has 0 radical (unpaired) electrons. The van der Waals surface area contributed by atoms with Crippen molar-refractivity contribution < 1.29 is 4.74 Å². The monoisotopic (exact) mass is 243 g/mol. The van der Waals surface area contributed by atoms with E-state index in [1.165, 1.54) is 12.8 Å². The van der Waals surface area contributed by atoms with Gasteiger partial charge in [0, 0.05) is 24.7 Å². The van der Waals surface area contributed by atoms with Crippen LogP contribution in [0.25, 0.3) is 10.9 Å². The average molecular weight is 243 g/mol. The maximum Gasteiger partial charge on any atom is 0.149 e. The van der Waals surface area contributed by atoms with E-state index >= 15 is 0 Å². The van der Waals surface area contributed by atoms with Gasteiger partial charge in [0.2, 0.25) is 0 Å². The van der Waals surface area contributed by atoms with E-state index in [1.54, 1.807) is 6.33 Å². The summed E-state index contributed by atoms with van der Waals surface area (Å²) in [6.07, 6.45) is 6.07. The lowest BCUT2D eigenvalue weighted by atomic mass is 10.2. The van der Waals surface area contributed by atoms with Gasteiger partial charge < -0.3 is 4.74 Å². The molecule has 4 nitrogen and oxygen atoms in total. The molecule has 4 heteroatoms. The summed E-state index contributed by atoms with van der Waals surface area (Å²) in [7, 11) is 0. The van der Waals surface area contributed by atoms with Gasteiger partial charge >= 0.3 is 0 Å². The molecule has 0 aliphatic carbocycles. The Labute approximate surface area is 107 Å². The number of hydrogen-bond acceptors (Lipinski definition) is 4. The number of hydrogen-bond donors (Lipinski definition) is 0. The van der Waals surface area contributed by atoms with E-state index in [-0.39, 0.29) is 6.23 Å². The lowest BCUT2D eigenvalue weighted by Crippen LogP contribution is -2.34. The van der Waals surface area contributed by atoms with Crippen LogP contribution >= 0.6 is 0 Å². The molecule has 18 heavy (non-hydrogen) atoms. The number of likely N-dealkylation sites (tertiary alicyclic amines) is 1. The van der Waals surface area contributed by atoms with E-state index < -0.39 is 0 Å². The summed E-state index contributed by atoms with van der Waals surface area (Å²) in [4.78, 5) is 10.6. The highest BCUT2D eigenvalue weighted by Crippen LogP contribution is 2.21. The van der Waals surface area contributed by atoms with Gasteiger partial charge in [-0.2, -0.15) is 0 Å². The van der Waals surface area contributed by atoms with Gasteiger partial charge in [-0.05, 0) is 38.0 Å². The molecule has 1 aliphatic heterocycles. The Kier molecular flexibility index (Phi) is 3.11. The third-order valence-electron chi connectivity index (χ3n) is 3.44. The van der Waals surface area contributed by atoms with Crippen molar-refractivity contribution >= 4 is 10.9 Å². The molecule has 0 bridgehead atoms. The van der Waals surface area contributed by atoms with Gasteiger partial charge in [0.05, 0.1) is 5.52 Å². The van der Waals surface area contributed by atoms with Gasteiger partial charge in [-0.3, -0.25) is 4.90 Å². The van der Waals surface area contributed by atoms with Crippen LogP contribution in [0.2, 0.25) is 0 Å². The largest absolute Gasteiger partial charge is 0.475 e. The second kappa shape index (κ2) is 4.90. The topological polar surface area (TPSA) is 38.3 Å². The van der Waals surface area contributed by atoms with Crippen molar-refractivity contribution in [1.29, 1.82) is 0 Å². The number of aromatic nitrogens is 2. The molecule has 0 amide bonds. The molecule has 1 atom stereocenters. The second-order valence-corrected chi connectivity index (χ2v) is 4.70. The lowest BCUT2D eigenvalue weighted by molar-refractivity contribution is 0.0593. The highest BCUT2D eigenvalue weighted by atomic mass is 16.5. The predicted molar refractivity (Wildman–Crippen MR) is 70.4 cm³/mol.